The monoisotopic (exact) mass is 428 g/mol. The predicted molar refractivity (Wildman–Crippen MR) is 107 cm³/mol. The number of benzene rings is 1. The Morgan fingerprint density at radius 3 is 2.93 bits per heavy atom. The van der Waals surface area contributed by atoms with Gasteiger partial charge in [-0.3, -0.25) is 9.48 Å². The first-order valence-electron chi connectivity index (χ1n) is 8.96. The number of carbonyl (C=O) groups is 1. The van der Waals surface area contributed by atoms with Crippen molar-refractivity contribution in [3.63, 3.8) is 0 Å². The van der Waals surface area contributed by atoms with Gasteiger partial charge in [-0.1, -0.05) is 30.3 Å². The van der Waals surface area contributed by atoms with Gasteiger partial charge in [-0.25, -0.2) is 0 Å². The lowest BCUT2D eigenvalue weighted by Gasteiger charge is -2.33. The van der Waals surface area contributed by atoms with Crippen LogP contribution in [0.5, 0.6) is 0 Å². The van der Waals surface area contributed by atoms with E-state index >= 15 is 0 Å². The van der Waals surface area contributed by atoms with Crippen molar-refractivity contribution in [2.45, 2.75) is 18.4 Å². The molecule has 2 aromatic heterocycles. The average Bonchev–Trinajstić information content (AvgIpc) is 3.29. The molecule has 1 aliphatic rings. The van der Waals surface area contributed by atoms with E-state index in [0.717, 1.165) is 35.2 Å². The minimum Gasteiger partial charge on any atom is -0.458 e. The van der Waals surface area contributed by atoms with Gasteiger partial charge in [-0.15, -0.1) is 0 Å². The Hall–Kier alpha value is -2.38. The Labute approximate surface area is 166 Å². The van der Waals surface area contributed by atoms with E-state index in [1.54, 1.807) is 23.2 Å². The van der Waals surface area contributed by atoms with E-state index in [1.165, 1.54) is 5.56 Å². The Kier molecular flexibility index (Phi) is 5.13. The summed E-state index contributed by atoms with van der Waals surface area (Å²) < 4.78 is 8.15. The van der Waals surface area contributed by atoms with Gasteiger partial charge in [0.15, 0.2) is 5.76 Å². The van der Waals surface area contributed by atoms with E-state index in [4.69, 9.17) is 4.42 Å². The van der Waals surface area contributed by atoms with Crippen LogP contribution in [0.2, 0.25) is 0 Å². The summed E-state index contributed by atoms with van der Waals surface area (Å²) in [5, 5.41) is 10.7. The number of nitrogens with zero attached hydrogens (tertiary/aromatic N) is 2. The molecule has 6 nitrogen and oxygen atoms in total. The van der Waals surface area contributed by atoms with Crippen LogP contribution in [0.25, 0.3) is 11.3 Å². The number of aromatic nitrogens is 2. The van der Waals surface area contributed by atoms with Crippen molar-refractivity contribution in [1.82, 2.24) is 20.4 Å². The van der Waals surface area contributed by atoms with Crippen molar-refractivity contribution < 1.29 is 9.21 Å². The minimum absolute atomic E-state index is 0.0191. The molecule has 2 atom stereocenters. The second-order valence-electron chi connectivity index (χ2n) is 6.75. The molecule has 4 rings (SSSR count). The standard InChI is InChI=1S/C20H21BrN4O2/c1-25-19(16(21)10-23-25)14-9-18(27-12-14)20(26)24-17-11-22-8-7-15(17)13-5-3-2-4-6-13/h2-6,9-10,12,15,17,22H,7-8,11H2,1H3,(H,24,26)/t15-,17+/m1/s1. The Morgan fingerprint density at radius 2 is 2.19 bits per heavy atom. The molecule has 3 aromatic rings. The molecule has 0 aliphatic carbocycles. The summed E-state index contributed by atoms with van der Waals surface area (Å²) in [5.41, 5.74) is 2.94. The zero-order valence-corrected chi connectivity index (χ0v) is 16.6. The van der Waals surface area contributed by atoms with E-state index in [1.807, 2.05) is 25.2 Å². The van der Waals surface area contributed by atoms with Crippen molar-refractivity contribution in [1.29, 1.82) is 0 Å². The van der Waals surface area contributed by atoms with Crippen LogP contribution in [0.1, 0.15) is 28.5 Å². The SMILES string of the molecule is Cn1ncc(Br)c1-c1coc(C(=O)N[C@H]2CNCC[C@@H]2c2ccccc2)c1. The molecule has 1 saturated heterocycles. The summed E-state index contributed by atoms with van der Waals surface area (Å²) >= 11 is 3.48. The number of hydrogen-bond donors (Lipinski definition) is 2. The van der Waals surface area contributed by atoms with Crippen molar-refractivity contribution in [2.75, 3.05) is 13.1 Å². The molecule has 1 amide bonds. The third-order valence-corrected chi connectivity index (χ3v) is 5.60. The second kappa shape index (κ2) is 7.70. The van der Waals surface area contributed by atoms with Gasteiger partial charge in [-0.2, -0.15) is 5.10 Å². The number of rotatable bonds is 4. The highest BCUT2D eigenvalue weighted by molar-refractivity contribution is 9.10. The molecule has 1 fully saturated rings. The predicted octanol–water partition coefficient (Wildman–Crippen LogP) is 3.32. The van der Waals surface area contributed by atoms with Gasteiger partial charge in [0.2, 0.25) is 0 Å². The highest BCUT2D eigenvalue weighted by Crippen LogP contribution is 2.29. The lowest BCUT2D eigenvalue weighted by atomic mass is 9.86. The van der Waals surface area contributed by atoms with Gasteiger partial charge in [0.25, 0.3) is 5.91 Å². The number of halogens is 1. The Morgan fingerprint density at radius 1 is 1.37 bits per heavy atom. The molecule has 27 heavy (non-hydrogen) atoms. The van der Waals surface area contributed by atoms with Crippen LogP contribution in [-0.2, 0) is 7.05 Å². The summed E-state index contributed by atoms with van der Waals surface area (Å²) in [4.78, 5) is 12.8. The second-order valence-corrected chi connectivity index (χ2v) is 7.61. The lowest BCUT2D eigenvalue weighted by molar-refractivity contribution is 0.0896. The molecule has 0 radical (unpaired) electrons. The van der Waals surface area contributed by atoms with Crippen molar-refractivity contribution >= 4 is 21.8 Å². The Balaban J connectivity index is 1.52. The van der Waals surface area contributed by atoms with Crippen LogP contribution < -0.4 is 10.6 Å². The summed E-state index contributed by atoms with van der Waals surface area (Å²) in [7, 11) is 1.85. The third-order valence-electron chi connectivity index (χ3n) is 5.02. The maximum absolute atomic E-state index is 12.8. The first kappa shape index (κ1) is 18.0. The van der Waals surface area contributed by atoms with Gasteiger partial charge >= 0.3 is 0 Å². The van der Waals surface area contributed by atoms with Crippen LogP contribution in [0.4, 0.5) is 0 Å². The van der Waals surface area contributed by atoms with Crippen molar-refractivity contribution in [3.05, 3.63) is 64.7 Å². The topological polar surface area (TPSA) is 72.1 Å². The molecule has 7 heteroatoms. The van der Waals surface area contributed by atoms with E-state index < -0.39 is 0 Å². The van der Waals surface area contributed by atoms with Gasteiger partial charge in [0, 0.05) is 31.1 Å². The maximum atomic E-state index is 12.8. The molecule has 0 unspecified atom stereocenters. The molecule has 2 N–H and O–H groups in total. The summed E-state index contributed by atoms with van der Waals surface area (Å²) in [6.45, 7) is 1.69. The lowest BCUT2D eigenvalue weighted by Crippen LogP contribution is -2.49. The highest BCUT2D eigenvalue weighted by Gasteiger charge is 2.28. The normalized spacial score (nSPS) is 19.8. The van der Waals surface area contributed by atoms with E-state index in [2.05, 4.69) is 43.8 Å². The molecule has 1 aromatic carbocycles. The van der Waals surface area contributed by atoms with Gasteiger partial charge in [0.05, 0.1) is 16.4 Å². The van der Waals surface area contributed by atoms with Crippen LogP contribution >= 0.6 is 15.9 Å². The van der Waals surface area contributed by atoms with Crippen LogP contribution in [0.3, 0.4) is 0 Å². The van der Waals surface area contributed by atoms with Gasteiger partial charge < -0.3 is 15.1 Å². The quantitative estimate of drug-likeness (QED) is 0.668. The maximum Gasteiger partial charge on any atom is 0.287 e. The summed E-state index contributed by atoms with van der Waals surface area (Å²) in [5.74, 6) is 0.390. The minimum atomic E-state index is -0.200. The first-order valence-corrected chi connectivity index (χ1v) is 9.75. The summed E-state index contributed by atoms with van der Waals surface area (Å²) in [6, 6.07) is 12.1. The summed E-state index contributed by atoms with van der Waals surface area (Å²) in [6.07, 6.45) is 4.30. The fraction of sp³-hybridized carbons (Fsp3) is 0.300. The number of aryl methyl sites for hydroxylation is 1. The van der Waals surface area contributed by atoms with Crippen LogP contribution in [0, 0.1) is 0 Å². The van der Waals surface area contributed by atoms with Crippen molar-refractivity contribution in [2.24, 2.45) is 7.05 Å². The highest BCUT2D eigenvalue weighted by atomic mass is 79.9. The number of piperidine rings is 1. The fourth-order valence-electron chi connectivity index (χ4n) is 3.66. The molecule has 140 valence electrons. The largest absolute Gasteiger partial charge is 0.458 e. The van der Waals surface area contributed by atoms with Crippen LogP contribution in [-0.4, -0.2) is 34.8 Å². The molecule has 0 saturated carbocycles. The molecular formula is C20H21BrN4O2. The van der Waals surface area contributed by atoms with Gasteiger partial charge in [0.1, 0.15) is 6.26 Å². The zero-order valence-electron chi connectivity index (χ0n) is 15.0. The molecular weight excluding hydrogens is 408 g/mol. The number of furan rings is 1. The molecule has 0 spiro atoms. The number of hydrogen-bond acceptors (Lipinski definition) is 4. The smallest absolute Gasteiger partial charge is 0.287 e. The Bertz CT molecular complexity index is 915. The van der Waals surface area contributed by atoms with E-state index in [0.29, 0.717) is 5.76 Å². The molecule has 3 heterocycles. The van der Waals surface area contributed by atoms with E-state index in [9.17, 15) is 4.79 Å². The van der Waals surface area contributed by atoms with Crippen LogP contribution in [0.15, 0.2) is 57.7 Å². The van der Waals surface area contributed by atoms with Gasteiger partial charge in [-0.05, 0) is 40.5 Å². The average molecular weight is 429 g/mol. The third kappa shape index (κ3) is 3.70. The van der Waals surface area contributed by atoms with E-state index in [-0.39, 0.29) is 17.9 Å². The zero-order chi connectivity index (χ0) is 18.8. The number of amides is 1. The van der Waals surface area contributed by atoms with Crippen molar-refractivity contribution in [3.8, 4) is 11.3 Å². The fourth-order valence-corrected chi connectivity index (χ4v) is 4.24. The number of nitrogens with one attached hydrogen (secondary N) is 2. The molecule has 0 bridgehead atoms. The molecule has 1 aliphatic heterocycles. The number of carbonyl (C=O) groups excluding carboxylic acids is 1. The first-order chi connectivity index (χ1) is 13.1.